The number of thioether (sulfide) groups is 1. The van der Waals surface area contributed by atoms with E-state index in [4.69, 9.17) is 10.1 Å². The minimum absolute atomic E-state index is 0.104. The number of nitrogens with one attached hydrogen (secondary N) is 1. The van der Waals surface area contributed by atoms with Gasteiger partial charge in [-0.05, 0) is 80.9 Å². The zero-order chi connectivity index (χ0) is 24.4. The summed E-state index contributed by atoms with van der Waals surface area (Å²) in [6.07, 6.45) is 4.24. The van der Waals surface area contributed by atoms with Crippen LogP contribution in [0.1, 0.15) is 69.2 Å². The molecule has 1 aromatic carbocycles. The summed E-state index contributed by atoms with van der Waals surface area (Å²) in [7, 11) is 0. The van der Waals surface area contributed by atoms with Gasteiger partial charge in [0.1, 0.15) is 10.6 Å². The lowest BCUT2D eigenvalue weighted by Crippen LogP contribution is -2.44. The third-order valence-electron chi connectivity index (χ3n) is 8.80. The van der Waals surface area contributed by atoms with Gasteiger partial charge >= 0.3 is 12.1 Å². The Kier molecular flexibility index (Phi) is 5.40. The predicted octanol–water partition coefficient (Wildman–Crippen LogP) is 5.79. The maximum atomic E-state index is 13.1. The fraction of sp³-hybridized carbons (Fsp3) is 0.640. The molecule has 3 heterocycles. The van der Waals surface area contributed by atoms with Crippen LogP contribution in [0.15, 0.2) is 23.2 Å². The summed E-state index contributed by atoms with van der Waals surface area (Å²) in [6.45, 7) is 1.90. The van der Waals surface area contributed by atoms with E-state index in [0.717, 1.165) is 87.6 Å². The first-order chi connectivity index (χ1) is 16.7. The number of likely N-dealkylation sites (tertiary alicyclic amines) is 1. The van der Waals surface area contributed by atoms with E-state index in [1.165, 1.54) is 6.07 Å². The van der Waals surface area contributed by atoms with Crippen molar-refractivity contribution in [1.29, 1.82) is 0 Å². The van der Waals surface area contributed by atoms with Crippen molar-refractivity contribution < 1.29 is 23.1 Å². The smallest absolute Gasteiger partial charge is 0.416 e. The highest BCUT2D eigenvalue weighted by Crippen LogP contribution is 2.58. The number of amidine groups is 1. The van der Waals surface area contributed by atoms with E-state index < -0.39 is 17.7 Å². The second-order valence-electron chi connectivity index (χ2n) is 10.8. The highest BCUT2D eigenvalue weighted by Gasteiger charge is 2.57. The molecule has 0 radical (unpaired) electrons. The summed E-state index contributed by atoms with van der Waals surface area (Å²) in [5.41, 5.74) is 0.641. The molecule has 188 valence electrons. The van der Waals surface area contributed by atoms with Crippen LogP contribution in [0.25, 0.3) is 11.0 Å². The van der Waals surface area contributed by atoms with Gasteiger partial charge in [-0.2, -0.15) is 13.2 Å². The second kappa shape index (κ2) is 8.15. The molecule has 1 spiro atoms. The Morgan fingerprint density at radius 3 is 2.51 bits per heavy atom. The van der Waals surface area contributed by atoms with Crippen LogP contribution in [-0.4, -0.2) is 50.2 Å². The van der Waals surface area contributed by atoms with Gasteiger partial charge in [0.05, 0.1) is 22.6 Å². The topological polar surface area (TPSA) is 81.6 Å². The molecule has 6 rings (SSSR count). The molecule has 2 aliphatic carbocycles. The van der Waals surface area contributed by atoms with Crippen LogP contribution in [0.4, 0.5) is 13.2 Å². The molecule has 0 amide bonds. The number of hydrogen-bond donors (Lipinski definition) is 2. The minimum Gasteiger partial charge on any atom is -0.481 e. The number of aromatic amines is 1. The number of benzene rings is 1. The standard InChI is InChI=1S/C25H29F3N4O2S/c26-25(27,28)16-1-2-17-18(14-16)30-21(29-17)24-8-5-19(24)31-22(35-24)32-11-9-23(10-12-32)6-3-15(4-7-23)13-20(33)34/h1-2,14-15,19H,3-13H2,(H,29,30)(H,33,34). The molecule has 6 nitrogen and oxygen atoms in total. The zero-order valence-corrected chi connectivity index (χ0v) is 20.2. The van der Waals surface area contributed by atoms with Gasteiger partial charge in [0.15, 0.2) is 5.17 Å². The minimum atomic E-state index is -4.38. The number of aromatic nitrogens is 2. The van der Waals surface area contributed by atoms with Gasteiger partial charge in [-0.15, -0.1) is 0 Å². The number of hydrogen-bond acceptors (Lipinski definition) is 5. The first-order valence-corrected chi connectivity index (χ1v) is 13.3. The number of carbonyl (C=O) groups is 1. The van der Waals surface area contributed by atoms with E-state index in [-0.39, 0.29) is 10.8 Å². The normalized spacial score (nSPS) is 28.7. The molecule has 2 aliphatic heterocycles. The largest absolute Gasteiger partial charge is 0.481 e. The van der Waals surface area contributed by atoms with Crippen LogP contribution in [0.5, 0.6) is 0 Å². The fourth-order valence-corrected chi connectivity index (χ4v) is 7.95. The molecular weight excluding hydrogens is 477 g/mol. The number of imidazole rings is 1. The van der Waals surface area contributed by atoms with Gasteiger partial charge in [0.25, 0.3) is 0 Å². The van der Waals surface area contributed by atoms with Gasteiger partial charge in [-0.3, -0.25) is 9.79 Å². The highest BCUT2D eigenvalue weighted by atomic mass is 32.2. The van der Waals surface area contributed by atoms with E-state index in [1.807, 2.05) is 0 Å². The van der Waals surface area contributed by atoms with Crippen molar-refractivity contribution in [2.75, 3.05) is 13.1 Å². The number of fused-ring (bicyclic) bond motifs is 2. The number of aliphatic imine (C=N–C) groups is 1. The van der Waals surface area contributed by atoms with Gasteiger partial charge in [0.2, 0.25) is 0 Å². The average molecular weight is 507 g/mol. The molecule has 35 heavy (non-hydrogen) atoms. The van der Waals surface area contributed by atoms with Crippen LogP contribution >= 0.6 is 11.8 Å². The molecule has 1 saturated heterocycles. The third-order valence-corrected chi connectivity index (χ3v) is 10.4. The Balaban J connectivity index is 1.13. The lowest BCUT2D eigenvalue weighted by Gasteiger charge is -2.46. The molecular formula is C25H29F3N4O2S. The van der Waals surface area contributed by atoms with Gasteiger partial charge in [-0.1, -0.05) is 11.8 Å². The third kappa shape index (κ3) is 4.01. The number of rotatable bonds is 3. The molecule has 10 heteroatoms. The number of halogens is 3. The van der Waals surface area contributed by atoms with Crippen molar-refractivity contribution >= 4 is 33.9 Å². The van der Waals surface area contributed by atoms with Crippen LogP contribution in [0.2, 0.25) is 0 Å². The Morgan fingerprint density at radius 1 is 1.14 bits per heavy atom. The summed E-state index contributed by atoms with van der Waals surface area (Å²) in [5, 5.41) is 10.1. The number of H-pyrrole nitrogens is 1. The summed E-state index contributed by atoms with van der Waals surface area (Å²) in [4.78, 5) is 26.3. The summed E-state index contributed by atoms with van der Waals surface area (Å²) in [5.74, 6) is 0.361. The van der Waals surface area contributed by atoms with Gasteiger partial charge in [0, 0.05) is 19.5 Å². The number of piperidine rings is 1. The average Bonchev–Trinajstić information content (AvgIpc) is 3.34. The van der Waals surface area contributed by atoms with E-state index in [9.17, 15) is 18.0 Å². The highest BCUT2D eigenvalue weighted by molar-refractivity contribution is 8.15. The molecule has 0 bridgehead atoms. The number of carboxylic acids is 1. The van der Waals surface area contributed by atoms with Crippen LogP contribution in [0.3, 0.4) is 0 Å². The first-order valence-electron chi connectivity index (χ1n) is 12.5. The molecule has 1 aromatic heterocycles. The van der Waals surface area contributed by atoms with E-state index in [1.54, 1.807) is 11.8 Å². The van der Waals surface area contributed by atoms with Crippen molar-refractivity contribution in [3.8, 4) is 0 Å². The van der Waals surface area contributed by atoms with Crippen LogP contribution in [-0.2, 0) is 15.7 Å². The number of alkyl halides is 3. The summed E-state index contributed by atoms with van der Waals surface area (Å²) < 4.78 is 39.1. The molecule has 2 aromatic rings. The SMILES string of the molecule is O=C(O)CC1CCC2(CC1)CCN(C1=NC3CCC3(c3nc4ccc(C(F)(F)F)cc4[nH]3)S1)CC2. The number of carboxylic acid groups (broad SMARTS) is 1. The summed E-state index contributed by atoms with van der Waals surface area (Å²) in [6, 6.07) is 3.78. The van der Waals surface area contributed by atoms with Crippen LogP contribution in [0, 0.1) is 11.3 Å². The van der Waals surface area contributed by atoms with E-state index >= 15 is 0 Å². The molecule has 2 unspecified atom stereocenters. The Bertz CT molecular complexity index is 1180. The van der Waals surface area contributed by atoms with E-state index in [2.05, 4.69) is 14.9 Å². The van der Waals surface area contributed by atoms with Gasteiger partial charge < -0.3 is 15.0 Å². The van der Waals surface area contributed by atoms with Crippen molar-refractivity contribution in [2.24, 2.45) is 16.3 Å². The van der Waals surface area contributed by atoms with Crippen molar-refractivity contribution in [2.45, 2.75) is 74.8 Å². The molecule has 3 fully saturated rings. The molecule has 2 saturated carbocycles. The number of nitrogens with zero attached hydrogens (tertiary/aromatic N) is 3. The van der Waals surface area contributed by atoms with Gasteiger partial charge in [-0.25, -0.2) is 4.98 Å². The lowest BCUT2D eigenvalue weighted by molar-refractivity contribution is -0.139. The quantitative estimate of drug-likeness (QED) is 0.551. The van der Waals surface area contributed by atoms with Crippen molar-refractivity contribution in [3.63, 3.8) is 0 Å². The Hall–Kier alpha value is -2.23. The van der Waals surface area contributed by atoms with Crippen LogP contribution < -0.4 is 0 Å². The first kappa shape index (κ1) is 23.2. The zero-order valence-electron chi connectivity index (χ0n) is 19.4. The summed E-state index contributed by atoms with van der Waals surface area (Å²) >= 11 is 1.73. The Labute approximate surface area is 205 Å². The Morgan fingerprint density at radius 2 is 1.89 bits per heavy atom. The van der Waals surface area contributed by atoms with Crippen molar-refractivity contribution in [1.82, 2.24) is 14.9 Å². The maximum Gasteiger partial charge on any atom is 0.416 e. The molecule has 2 atom stereocenters. The predicted molar refractivity (Wildman–Crippen MR) is 128 cm³/mol. The lowest BCUT2D eigenvalue weighted by atomic mass is 9.65. The molecule has 2 N–H and O–H groups in total. The monoisotopic (exact) mass is 506 g/mol. The van der Waals surface area contributed by atoms with E-state index in [0.29, 0.717) is 28.8 Å². The molecule has 4 aliphatic rings. The second-order valence-corrected chi connectivity index (χ2v) is 12.1. The van der Waals surface area contributed by atoms with Crippen molar-refractivity contribution in [3.05, 3.63) is 29.6 Å². The maximum absolute atomic E-state index is 13.1. The number of aliphatic carboxylic acids is 1. The fourth-order valence-electron chi connectivity index (χ4n) is 6.42.